The van der Waals surface area contributed by atoms with Gasteiger partial charge >= 0.3 is 6.03 Å². The van der Waals surface area contributed by atoms with Crippen LogP contribution in [0, 0.1) is 6.92 Å². The van der Waals surface area contributed by atoms with Gasteiger partial charge in [-0.15, -0.1) is 0 Å². The van der Waals surface area contributed by atoms with E-state index in [2.05, 4.69) is 10.6 Å². The summed E-state index contributed by atoms with van der Waals surface area (Å²) in [7, 11) is 0. The monoisotopic (exact) mass is 326 g/mol. The first-order valence-electron chi connectivity index (χ1n) is 7.23. The van der Waals surface area contributed by atoms with Gasteiger partial charge in [-0.3, -0.25) is 10.1 Å². The van der Waals surface area contributed by atoms with E-state index in [9.17, 15) is 19.8 Å². The Labute approximate surface area is 133 Å². The van der Waals surface area contributed by atoms with Gasteiger partial charge in [-0.05, 0) is 19.8 Å². The van der Waals surface area contributed by atoms with Crippen LogP contribution in [-0.2, 0) is 0 Å². The second-order valence-electron chi connectivity index (χ2n) is 5.49. The number of aromatic hydroxyl groups is 2. The van der Waals surface area contributed by atoms with Gasteiger partial charge in [0.1, 0.15) is 0 Å². The summed E-state index contributed by atoms with van der Waals surface area (Å²) in [4.78, 5) is 24.0. The van der Waals surface area contributed by atoms with E-state index in [1.165, 1.54) is 13.3 Å². The molecule has 0 radical (unpaired) electrons. The predicted octanol–water partition coefficient (Wildman–Crippen LogP) is 2.83. The number of hydrogen-bond donors (Lipinski definition) is 4. The van der Waals surface area contributed by atoms with Gasteiger partial charge in [-0.1, -0.05) is 30.9 Å². The van der Waals surface area contributed by atoms with E-state index in [0.29, 0.717) is 0 Å². The van der Waals surface area contributed by atoms with Crippen molar-refractivity contribution in [2.45, 2.75) is 45.1 Å². The first kappa shape index (κ1) is 16.4. The Morgan fingerprint density at radius 2 is 1.86 bits per heavy atom. The van der Waals surface area contributed by atoms with Gasteiger partial charge in [0.05, 0.1) is 10.6 Å². The molecule has 0 bridgehead atoms. The number of rotatable bonds is 2. The molecule has 1 saturated carbocycles. The average molecular weight is 327 g/mol. The Balaban J connectivity index is 2.06. The number of amides is 3. The largest absolute Gasteiger partial charge is 0.504 e. The molecule has 1 aliphatic rings. The first-order chi connectivity index (χ1) is 10.4. The third-order valence-electron chi connectivity index (χ3n) is 3.87. The fourth-order valence-corrected chi connectivity index (χ4v) is 2.99. The normalized spacial score (nSPS) is 15.4. The van der Waals surface area contributed by atoms with Crippen molar-refractivity contribution >= 4 is 23.5 Å². The maximum atomic E-state index is 12.2. The molecule has 0 saturated heterocycles. The minimum absolute atomic E-state index is 0.0317. The summed E-state index contributed by atoms with van der Waals surface area (Å²) in [6, 6.07) is 0.559. The molecule has 120 valence electrons. The van der Waals surface area contributed by atoms with E-state index in [0.717, 1.165) is 31.7 Å². The molecule has 0 spiro atoms. The van der Waals surface area contributed by atoms with Crippen LogP contribution in [0.25, 0.3) is 0 Å². The molecule has 6 nitrogen and oxygen atoms in total. The number of nitrogens with one attached hydrogen (secondary N) is 2. The molecule has 0 atom stereocenters. The standard InChI is InChI=1S/C15H19ClN2O4/c1-8-12(10(16)7-11(19)13(8)20)14(21)18-15(22)17-9-5-3-2-4-6-9/h7,9,19-20H,2-6H2,1H3,(H2,17,18,21,22). The zero-order valence-corrected chi connectivity index (χ0v) is 13.0. The summed E-state index contributed by atoms with van der Waals surface area (Å²) >= 11 is 5.91. The fourth-order valence-electron chi connectivity index (χ4n) is 2.66. The van der Waals surface area contributed by atoms with E-state index >= 15 is 0 Å². The van der Waals surface area contributed by atoms with Crippen molar-refractivity contribution < 1.29 is 19.8 Å². The summed E-state index contributed by atoms with van der Waals surface area (Å²) in [6.45, 7) is 1.44. The fraction of sp³-hybridized carbons (Fsp3) is 0.467. The highest BCUT2D eigenvalue weighted by atomic mass is 35.5. The van der Waals surface area contributed by atoms with E-state index in [1.807, 2.05) is 0 Å². The van der Waals surface area contributed by atoms with Crippen molar-refractivity contribution in [2.24, 2.45) is 0 Å². The Bertz CT molecular complexity index is 598. The molecule has 1 aromatic rings. The summed E-state index contributed by atoms with van der Waals surface area (Å²) in [5.74, 6) is -1.56. The molecule has 4 N–H and O–H groups in total. The quantitative estimate of drug-likeness (QED) is 0.628. The number of phenols is 2. The van der Waals surface area contributed by atoms with Crippen LogP contribution in [0.2, 0.25) is 5.02 Å². The van der Waals surface area contributed by atoms with Crippen LogP contribution < -0.4 is 10.6 Å². The third kappa shape index (κ3) is 3.62. The topological polar surface area (TPSA) is 98.7 Å². The van der Waals surface area contributed by atoms with E-state index in [4.69, 9.17) is 11.6 Å². The molecule has 2 rings (SSSR count). The molecular weight excluding hydrogens is 308 g/mol. The van der Waals surface area contributed by atoms with Crippen LogP contribution in [0.3, 0.4) is 0 Å². The van der Waals surface area contributed by atoms with Crippen LogP contribution in [0.4, 0.5) is 4.79 Å². The van der Waals surface area contributed by atoms with Crippen molar-refractivity contribution in [3.05, 3.63) is 22.2 Å². The van der Waals surface area contributed by atoms with Gasteiger partial charge in [0.2, 0.25) is 0 Å². The number of benzene rings is 1. The average Bonchev–Trinajstić information content (AvgIpc) is 2.45. The van der Waals surface area contributed by atoms with Gasteiger partial charge in [0.25, 0.3) is 5.91 Å². The van der Waals surface area contributed by atoms with Crippen molar-refractivity contribution in [3.8, 4) is 11.5 Å². The van der Waals surface area contributed by atoms with Gasteiger partial charge < -0.3 is 15.5 Å². The lowest BCUT2D eigenvalue weighted by atomic mass is 9.96. The lowest BCUT2D eigenvalue weighted by Crippen LogP contribution is -2.45. The molecule has 1 aliphatic carbocycles. The lowest BCUT2D eigenvalue weighted by molar-refractivity contribution is 0.0962. The lowest BCUT2D eigenvalue weighted by Gasteiger charge is -2.22. The Morgan fingerprint density at radius 3 is 2.50 bits per heavy atom. The molecule has 0 aromatic heterocycles. The molecule has 1 fully saturated rings. The van der Waals surface area contributed by atoms with Crippen LogP contribution >= 0.6 is 11.6 Å². The molecule has 7 heteroatoms. The summed E-state index contributed by atoms with van der Waals surface area (Å²) in [5.41, 5.74) is 0.0868. The Hall–Kier alpha value is -1.95. The maximum Gasteiger partial charge on any atom is 0.321 e. The second kappa shape index (κ2) is 6.87. The molecule has 22 heavy (non-hydrogen) atoms. The number of hydrogen-bond acceptors (Lipinski definition) is 4. The van der Waals surface area contributed by atoms with Crippen molar-refractivity contribution in [1.82, 2.24) is 10.6 Å². The minimum atomic E-state index is -0.717. The molecule has 0 aliphatic heterocycles. The number of carbonyl (C=O) groups excluding carboxylic acids is 2. The van der Waals surface area contributed by atoms with Crippen molar-refractivity contribution in [1.29, 1.82) is 0 Å². The minimum Gasteiger partial charge on any atom is -0.504 e. The van der Waals surface area contributed by atoms with Gasteiger partial charge in [0, 0.05) is 17.7 Å². The number of urea groups is 1. The highest BCUT2D eigenvalue weighted by Gasteiger charge is 2.22. The van der Waals surface area contributed by atoms with E-state index < -0.39 is 23.4 Å². The summed E-state index contributed by atoms with van der Waals surface area (Å²) < 4.78 is 0. The van der Waals surface area contributed by atoms with Crippen molar-refractivity contribution in [3.63, 3.8) is 0 Å². The summed E-state index contributed by atoms with van der Waals surface area (Å²) in [5, 5.41) is 24.0. The van der Waals surface area contributed by atoms with Crippen LogP contribution in [0.15, 0.2) is 6.07 Å². The number of carbonyl (C=O) groups is 2. The Morgan fingerprint density at radius 1 is 1.23 bits per heavy atom. The van der Waals surface area contributed by atoms with Crippen LogP contribution in [0.5, 0.6) is 11.5 Å². The summed E-state index contributed by atoms with van der Waals surface area (Å²) in [6.07, 6.45) is 5.11. The second-order valence-corrected chi connectivity index (χ2v) is 5.90. The van der Waals surface area contributed by atoms with Crippen LogP contribution in [0.1, 0.15) is 48.0 Å². The smallest absolute Gasteiger partial charge is 0.321 e. The molecular formula is C15H19ClN2O4. The Kier molecular flexibility index (Phi) is 5.13. The van der Waals surface area contributed by atoms with Crippen molar-refractivity contribution in [2.75, 3.05) is 0 Å². The predicted molar refractivity (Wildman–Crippen MR) is 82.4 cm³/mol. The zero-order valence-electron chi connectivity index (χ0n) is 12.3. The maximum absolute atomic E-state index is 12.2. The number of halogens is 1. The third-order valence-corrected chi connectivity index (χ3v) is 4.17. The van der Waals surface area contributed by atoms with E-state index in [-0.39, 0.29) is 22.2 Å². The number of imide groups is 1. The SMILES string of the molecule is Cc1c(O)c(O)cc(Cl)c1C(=O)NC(=O)NC1CCCCC1. The van der Waals surface area contributed by atoms with Crippen LogP contribution in [-0.4, -0.2) is 28.2 Å². The number of phenolic OH excluding ortho intramolecular Hbond substituents is 2. The van der Waals surface area contributed by atoms with Gasteiger partial charge in [-0.25, -0.2) is 4.79 Å². The molecule has 0 unspecified atom stereocenters. The molecule has 1 aromatic carbocycles. The van der Waals surface area contributed by atoms with Gasteiger partial charge in [-0.2, -0.15) is 0 Å². The highest BCUT2D eigenvalue weighted by molar-refractivity contribution is 6.34. The first-order valence-corrected chi connectivity index (χ1v) is 7.60. The molecule has 0 heterocycles. The highest BCUT2D eigenvalue weighted by Crippen LogP contribution is 2.35. The molecule has 3 amide bonds. The zero-order chi connectivity index (χ0) is 16.3. The van der Waals surface area contributed by atoms with E-state index in [1.54, 1.807) is 0 Å². The van der Waals surface area contributed by atoms with Gasteiger partial charge in [0.15, 0.2) is 11.5 Å².